The molecule has 1 fully saturated rings. The number of aromatic nitrogens is 4. The Labute approximate surface area is 118 Å². The molecule has 2 heterocycles. The second kappa shape index (κ2) is 5.48. The first-order chi connectivity index (χ1) is 9.74. The zero-order valence-electron chi connectivity index (χ0n) is 11.9. The van der Waals surface area contributed by atoms with Gasteiger partial charge in [0.1, 0.15) is 17.5 Å². The molecule has 2 aromatic heterocycles. The first-order valence-electron chi connectivity index (χ1n) is 7.14. The van der Waals surface area contributed by atoms with Gasteiger partial charge in [-0.1, -0.05) is 6.92 Å². The van der Waals surface area contributed by atoms with E-state index in [0.29, 0.717) is 5.92 Å². The highest BCUT2D eigenvalue weighted by molar-refractivity contribution is 5.56. The van der Waals surface area contributed by atoms with Crippen molar-refractivity contribution in [1.82, 2.24) is 19.7 Å². The fraction of sp³-hybridized carbons (Fsp3) is 0.500. The molecule has 0 bridgehead atoms. The van der Waals surface area contributed by atoms with Crippen LogP contribution in [0.3, 0.4) is 0 Å². The maximum absolute atomic E-state index is 4.60. The average molecular weight is 272 g/mol. The Balaban J connectivity index is 1.82. The summed E-state index contributed by atoms with van der Waals surface area (Å²) in [5, 5.41) is 10.9. The third-order valence-electron chi connectivity index (χ3n) is 3.21. The molecule has 3 rings (SSSR count). The summed E-state index contributed by atoms with van der Waals surface area (Å²) < 4.78 is 1.77. The molecule has 20 heavy (non-hydrogen) atoms. The Morgan fingerprint density at radius 1 is 1.25 bits per heavy atom. The average Bonchev–Trinajstić information content (AvgIpc) is 3.21. The van der Waals surface area contributed by atoms with Gasteiger partial charge in [0.15, 0.2) is 5.82 Å². The van der Waals surface area contributed by atoms with Gasteiger partial charge in [0.2, 0.25) is 0 Å². The summed E-state index contributed by atoms with van der Waals surface area (Å²) in [7, 11) is 1.90. The van der Waals surface area contributed by atoms with Crippen molar-refractivity contribution in [2.24, 2.45) is 7.05 Å². The molecule has 0 aliphatic heterocycles. The maximum atomic E-state index is 4.60. The molecule has 1 saturated carbocycles. The molecule has 6 nitrogen and oxygen atoms in total. The molecule has 6 heteroatoms. The molecule has 0 atom stereocenters. The molecule has 0 aromatic carbocycles. The Morgan fingerprint density at radius 2 is 2.05 bits per heavy atom. The first kappa shape index (κ1) is 12.9. The topological polar surface area (TPSA) is 67.7 Å². The van der Waals surface area contributed by atoms with Gasteiger partial charge in [-0.3, -0.25) is 4.68 Å². The van der Waals surface area contributed by atoms with Crippen LogP contribution in [-0.4, -0.2) is 26.3 Å². The van der Waals surface area contributed by atoms with Crippen molar-refractivity contribution in [2.75, 3.05) is 17.2 Å². The van der Waals surface area contributed by atoms with Crippen LogP contribution in [0.5, 0.6) is 0 Å². The quantitative estimate of drug-likeness (QED) is 0.846. The van der Waals surface area contributed by atoms with E-state index in [1.54, 1.807) is 4.68 Å². The molecular weight excluding hydrogens is 252 g/mol. The van der Waals surface area contributed by atoms with E-state index in [-0.39, 0.29) is 0 Å². The molecular formula is C14H20N6. The molecule has 0 saturated heterocycles. The number of aryl methyl sites for hydroxylation is 1. The second-order valence-corrected chi connectivity index (χ2v) is 5.20. The molecule has 106 valence electrons. The van der Waals surface area contributed by atoms with Gasteiger partial charge in [0.25, 0.3) is 0 Å². The smallest absolute Gasteiger partial charge is 0.153 e. The van der Waals surface area contributed by atoms with Crippen LogP contribution in [-0.2, 0) is 7.05 Å². The van der Waals surface area contributed by atoms with Gasteiger partial charge in [-0.2, -0.15) is 5.10 Å². The SMILES string of the molecule is CCCNc1cc(Nc2ccn(C)n2)nc(C2CC2)n1. The lowest BCUT2D eigenvalue weighted by Gasteiger charge is -2.09. The molecule has 1 aliphatic rings. The number of anilines is 3. The third-order valence-corrected chi connectivity index (χ3v) is 3.21. The predicted molar refractivity (Wildman–Crippen MR) is 79.3 cm³/mol. The van der Waals surface area contributed by atoms with Crippen molar-refractivity contribution in [3.05, 3.63) is 24.2 Å². The molecule has 0 amide bonds. The van der Waals surface area contributed by atoms with Crippen LogP contribution in [0.1, 0.15) is 37.9 Å². The molecule has 0 spiro atoms. The highest BCUT2D eigenvalue weighted by Gasteiger charge is 2.27. The number of hydrogen-bond donors (Lipinski definition) is 2. The fourth-order valence-electron chi connectivity index (χ4n) is 2.01. The van der Waals surface area contributed by atoms with E-state index >= 15 is 0 Å². The van der Waals surface area contributed by atoms with Gasteiger partial charge >= 0.3 is 0 Å². The van der Waals surface area contributed by atoms with Crippen molar-refractivity contribution in [1.29, 1.82) is 0 Å². The zero-order valence-corrected chi connectivity index (χ0v) is 11.9. The Kier molecular flexibility index (Phi) is 3.54. The fourth-order valence-corrected chi connectivity index (χ4v) is 2.01. The highest BCUT2D eigenvalue weighted by Crippen LogP contribution is 2.39. The van der Waals surface area contributed by atoms with Crippen LogP contribution in [0.2, 0.25) is 0 Å². The lowest BCUT2D eigenvalue weighted by molar-refractivity contribution is 0.771. The lowest BCUT2D eigenvalue weighted by Crippen LogP contribution is -2.07. The van der Waals surface area contributed by atoms with Crippen LogP contribution < -0.4 is 10.6 Å². The lowest BCUT2D eigenvalue weighted by atomic mass is 10.3. The van der Waals surface area contributed by atoms with Crippen molar-refractivity contribution in [3.63, 3.8) is 0 Å². The summed E-state index contributed by atoms with van der Waals surface area (Å²) in [6, 6.07) is 3.87. The summed E-state index contributed by atoms with van der Waals surface area (Å²) in [5.74, 6) is 3.96. The highest BCUT2D eigenvalue weighted by atomic mass is 15.3. The summed E-state index contributed by atoms with van der Waals surface area (Å²) >= 11 is 0. The number of nitrogens with zero attached hydrogens (tertiary/aromatic N) is 4. The molecule has 0 unspecified atom stereocenters. The van der Waals surface area contributed by atoms with Crippen LogP contribution >= 0.6 is 0 Å². The molecule has 2 N–H and O–H groups in total. The van der Waals surface area contributed by atoms with E-state index in [9.17, 15) is 0 Å². The minimum absolute atomic E-state index is 0.530. The van der Waals surface area contributed by atoms with Gasteiger partial charge in [-0.15, -0.1) is 0 Å². The van der Waals surface area contributed by atoms with Crippen LogP contribution in [0.15, 0.2) is 18.3 Å². The van der Waals surface area contributed by atoms with Crippen LogP contribution in [0.25, 0.3) is 0 Å². The largest absolute Gasteiger partial charge is 0.370 e. The van der Waals surface area contributed by atoms with Gasteiger partial charge in [-0.05, 0) is 19.3 Å². The Hall–Kier alpha value is -2.11. The number of nitrogens with one attached hydrogen (secondary N) is 2. The normalized spacial score (nSPS) is 14.3. The predicted octanol–water partition coefficient (Wildman–Crippen LogP) is 2.65. The summed E-state index contributed by atoms with van der Waals surface area (Å²) in [4.78, 5) is 9.19. The van der Waals surface area contributed by atoms with Crippen molar-refractivity contribution >= 4 is 17.5 Å². The zero-order chi connectivity index (χ0) is 13.9. The Morgan fingerprint density at radius 3 is 2.70 bits per heavy atom. The van der Waals surface area contributed by atoms with E-state index < -0.39 is 0 Å². The van der Waals surface area contributed by atoms with Gasteiger partial charge in [0, 0.05) is 37.8 Å². The molecule has 2 aromatic rings. The number of rotatable bonds is 6. The minimum Gasteiger partial charge on any atom is -0.370 e. The van der Waals surface area contributed by atoms with Crippen molar-refractivity contribution in [3.8, 4) is 0 Å². The second-order valence-electron chi connectivity index (χ2n) is 5.20. The van der Waals surface area contributed by atoms with Crippen LogP contribution in [0, 0.1) is 0 Å². The summed E-state index contributed by atoms with van der Waals surface area (Å²) in [5.41, 5.74) is 0. The van der Waals surface area contributed by atoms with E-state index in [1.807, 2.05) is 25.4 Å². The van der Waals surface area contributed by atoms with Crippen LogP contribution in [0.4, 0.5) is 17.5 Å². The van der Waals surface area contributed by atoms with E-state index in [2.05, 4.69) is 32.6 Å². The van der Waals surface area contributed by atoms with Gasteiger partial charge < -0.3 is 10.6 Å². The maximum Gasteiger partial charge on any atom is 0.153 e. The van der Waals surface area contributed by atoms with Gasteiger partial charge in [-0.25, -0.2) is 9.97 Å². The van der Waals surface area contributed by atoms with Crippen molar-refractivity contribution < 1.29 is 0 Å². The summed E-state index contributed by atoms with van der Waals surface area (Å²) in [6.45, 7) is 3.06. The summed E-state index contributed by atoms with van der Waals surface area (Å²) in [6.07, 6.45) is 5.37. The van der Waals surface area contributed by atoms with E-state index in [4.69, 9.17) is 0 Å². The van der Waals surface area contributed by atoms with Gasteiger partial charge in [0.05, 0.1) is 0 Å². The molecule has 0 radical (unpaired) electrons. The standard InChI is InChI=1S/C14H20N6/c1-3-7-15-12-9-13(16-11-6-8-20(2)19-11)18-14(17-12)10-4-5-10/h6,8-10H,3-5,7H2,1-2H3,(H2,15,16,17,18,19). The Bertz CT molecular complexity index is 587. The first-order valence-corrected chi connectivity index (χ1v) is 7.14. The minimum atomic E-state index is 0.530. The molecule has 1 aliphatic carbocycles. The van der Waals surface area contributed by atoms with Crippen molar-refractivity contribution in [2.45, 2.75) is 32.1 Å². The third kappa shape index (κ3) is 3.07. The monoisotopic (exact) mass is 272 g/mol. The van der Waals surface area contributed by atoms with E-state index in [0.717, 1.165) is 36.2 Å². The number of hydrogen-bond acceptors (Lipinski definition) is 5. The van der Waals surface area contributed by atoms with E-state index in [1.165, 1.54) is 12.8 Å².